The molecule has 4 atom stereocenters. The Hall–Kier alpha value is -2.84. The van der Waals surface area contributed by atoms with Gasteiger partial charge >= 0.3 is 0 Å². The van der Waals surface area contributed by atoms with Gasteiger partial charge in [-0.2, -0.15) is 0 Å². The molecule has 1 fully saturated rings. The molecule has 2 aliphatic heterocycles. The van der Waals surface area contributed by atoms with Gasteiger partial charge in [0.05, 0.1) is 24.7 Å². The smallest absolute Gasteiger partial charge is 0.0984 e. The fourth-order valence-electron chi connectivity index (χ4n) is 8.55. The molecule has 8 rings (SSSR count). The minimum Gasteiger partial charge on any atom is -0.471 e. The molecule has 2 aliphatic carbocycles. The monoisotopic (exact) mass is 502 g/mol. The van der Waals surface area contributed by atoms with E-state index in [9.17, 15) is 0 Å². The Morgan fingerprint density at radius 1 is 0.605 bits per heavy atom. The summed E-state index contributed by atoms with van der Waals surface area (Å²) < 4.78 is 13.1. The number of hydrogen-bond acceptors (Lipinski definition) is 2. The van der Waals surface area contributed by atoms with Crippen molar-refractivity contribution in [2.45, 2.75) is 102 Å². The van der Waals surface area contributed by atoms with Gasteiger partial charge < -0.3 is 9.15 Å². The van der Waals surface area contributed by atoms with Crippen LogP contribution in [0.3, 0.4) is 0 Å². The predicted molar refractivity (Wildman–Crippen MR) is 157 cm³/mol. The number of furan rings is 1. The minimum absolute atomic E-state index is 0.161. The lowest BCUT2D eigenvalue weighted by Crippen LogP contribution is -2.18. The number of rotatable bonds is 10. The van der Waals surface area contributed by atoms with Gasteiger partial charge in [0, 0.05) is 22.6 Å². The first-order valence-electron chi connectivity index (χ1n) is 15.3. The molecule has 2 nitrogen and oxygen atoms in total. The van der Waals surface area contributed by atoms with Gasteiger partial charge in [0.25, 0.3) is 0 Å². The largest absolute Gasteiger partial charge is 0.471 e. The molecule has 3 heterocycles. The van der Waals surface area contributed by atoms with Crippen molar-refractivity contribution in [1.29, 1.82) is 0 Å². The summed E-state index contributed by atoms with van der Waals surface area (Å²) in [6, 6.07) is 9.57. The number of fused-ring (bicyclic) bond motifs is 11. The van der Waals surface area contributed by atoms with Crippen LogP contribution < -0.4 is 0 Å². The van der Waals surface area contributed by atoms with Crippen LogP contribution in [0.4, 0.5) is 0 Å². The Morgan fingerprint density at radius 2 is 1.13 bits per heavy atom. The number of ether oxygens (including phenoxy) is 1. The molecule has 0 amide bonds. The first kappa shape index (κ1) is 23.1. The van der Waals surface area contributed by atoms with Gasteiger partial charge in [-0.05, 0) is 81.0 Å². The normalized spacial score (nSPS) is 23.3. The third kappa shape index (κ3) is 3.04. The van der Waals surface area contributed by atoms with E-state index in [1.54, 1.807) is 11.1 Å². The highest BCUT2D eigenvalue weighted by Gasteiger charge is 2.58. The average molecular weight is 503 g/mol. The molecule has 0 spiro atoms. The summed E-state index contributed by atoms with van der Waals surface area (Å²) in [4.78, 5) is 0. The zero-order valence-corrected chi connectivity index (χ0v) is 22.8. The van der Waals surface area contributed by atoms with Gasteiger partial charge in [0.1, 0.15) is 0 Å². The van der Waals surface area contributed by atoms with E-state index in [2.05, 4.69) is 50.3 Å². The van der Waals surface area contributed by atoms with E-state index in [0.29, 0.717) is 11.8 Å². The highest BCUT2D eigenvalue weighted by Crippen LogP contribution is 2.71. The summed E-state index contributed by atoms with van der Waals surface area (Å²) in [6.45, 7) is 4.60. The Balaban J connectivity index is 1.30. The molecule has 1 aromatic heterocycles. The van der Waals surface area contributed by atoms with E-state index in [1.807, 2.05) is 12.5 Å². The van der Waals surface area contributed by atoms with Crippen LogP contribution in [0, 0.1) is 0 Å². The summed E-state index contributed by atoms with van der Waals surface area (Å²) in [7, 11) is 0. The van der Waals surface area contributed by atoms with Crippen LogP contribution in [-0.4, -0.2) is 0 Å². The third-order valence-electron chi connectivity index (χ3n) is 10.2. The highest BCUT2D eigenvalue weighted by molar-refractivity contribution is 6.09. The number of hydrogen-bond donors (Lipinski definition) is 0. The molecular formula is C36H38O2. The van der Waals surface area contributed by atoms with Crippen molar-refractivity contribution in [1.82, 2.24) is 0 Å². The van der Waals surface area contributed by atoms with E-state index in [4.69, 9.17) is 9.15 Å². The molecule has 0 unspecified atom stereocenters. The zero-order valence-electron chi connectivity index (χ0n) is 22.8. The fraction of sp³-hybridized carbons (Fsp3) is 0.444. The standard InChI is InChI=1S/C36H38O2/c1-3-5-7-9-11-23-27-19-37-20-28(27)24(12-10-8-6-4-2)32-31(23)35-33-25-17-15-21-13-14-22-16-18-26(30(25)29(21)22)34(33)36(32)38-35/h13-20,33-36H,3-12H2,1-2H3/t33-,34+,35-,36-/m0/s1. The first-order valence-corrected chi connectivity index (χ1v) is 15.3. The van der Waals surface area contributed by atoms with Crippen LogP contribution in [0.25, 0.3) is 33.7 Å². The van der Waals surface area contributed by atoms with Crippen molar-refractivity contribution in [3.63, 3.8) is 0 Å². The van der Waals surface area contributed by atoms with E-state index in [-0.39, 0.29) is 12.2 Å². The molecule has 1 saturated heterocycles. The van der Waals surface area contributed by atoms with Crippen LogP contribution in [0.2, 0.25) is 0 Å². The van der Waals surface area contributed by atoms with Crippen molar-refractivity contribution < 1.29 is 9.15 Å². The molecule has 0 radical (unpaired) electrons. The lowest BCUT2D eigenvalue weighted by molar-refractivity contribution is 0.0632. The Bertz CT molecular complexity index is 1490. The lowest BCUT2D eigenvalue weighted by Gasteiger charge is -2.30. The SMILES string of the molecule is CCCCCCc1c2c(c(CCCCCC)c3cocc13)[C@@H]1O[C@@H]2[C@@H]2c3ccc4c5c(ccc(c35)[C@@H]21)C=C4. The van der Waals surface area contributed by atoms with Crippen LogP contribution in [0.15, 0.2) is 41.2 Å². The summed E-state index contributed by atoms with van der Waals surface area (Å²) in [6.07, 6.45) is 21.5. The van der Waals surface area contributed by atoms with Crippen LogP contribution in [-0.2, 0) is 17.6 Å². The molecule has 4 aromatic rings. The van der Waals surface area contributed by atoms with Crippen LogP contribution >= 0.6 is 0 Å². The molecule has 2 heteroatoms. The summed E-state index contributed by atoms with van der Waals surface area (Å²) >= 11 is 0. The molecular weight excluding hydrogens is 464 g/mol. The molecule has 194 valence electrons. The van der Waals surface area contributed by atoms with Crippen molar-refractivity contribution in [2.24, 2.45) is 0 Å². The highest BCUT2D eigenvalue weighted by atomic mass is 16.5. The van der Waals surface area contributed by atoms with E-state index >= 15 is 0 Å². The predicted octanol–water partition coefficient (Wildman–Crippen LogP) is 10.3. The Kier molecular flexibility index (Phi) is 5.37. The maximum absolute atomic E-state index is 7.10. The van der Waals surface area contributed by atoms with Gasteiger partial charge in [-0.15, -0.1) is 0 Å². The summed E-state index contributed by atoms with van der Waals surface area (Å²) in [5.41, 5.74) is 12.0. The molecule has 4 aliphatic rings. The van der Waals surface area contributed by atoms with Gasteiger partial charge in [-0.25, -0.2) is 0 Å². The maximum Gasteiger partial charge on any atom is 0.0984 e. The number of aryl methyl sites for hydroxylation is 2. The van der Waals surface area contributed by atoms with Gasteiger partial charge in [-0.1, -0.05) is 88.8 Å². The number of benzene rings is 3. The van der Waals surface area contributed by atoms with E-state index in [1.165, 1.54) is 106 Å². The maximum atomic E-state index is 7.10. The van der Waals surface area contributed by atoms with E-state index in [0.717, 1.165) is 12.8 Å². The third-order valence-corrected chi connectivity index (χ3v) is 10.2. The second kappa shape index (κ2) is 8.85. The topological polar surface area (TPSA) is 22.4 Å². The van der Waals surface area contributed by atoms with Gasteiger partial charge in [0.15, 0.2) is 0 Å². The quantitative estimate of drug-likeness (QED) is 0.177. The van der Waals surface area contributed by atoms with Crippen molar-refractivity contribution in [2.75, 3.05) is 0 Å². The Morgan fingerprint density at radius 3 is 1.63 bits per heavy atom. The van der Waals surface area contributed by atoms with Crippen LogP contribution in [0.5, 0.6) is 0 Å². The second-order valence-electron chi connectivity index (χ2n) is 12.2. The first-order chi connectivity index (χ1) is 18.8. The van der Waals surface area contributed by atoms with E-state index < -0.39 is 0 Å². The van der Waals surface area contributed by atoms with Crippen molar-refractivity contribution >= 4 is 33.7 Å². The van der Waals surface area contributed by atoms with Gasteiger partial charge in [0.2, 0.25) is 0 Å². The van der Waals surface area contributed by atoms with Gasteiger partial charge in [-0.3, -0.25) is 0 Å². The zero-order chi connectivity index (χ0) is 25.4. The average Bonchev–Trinajstić information content (AvgIpc) is 3.74. The molecule has 0 N–H and O–H groups in total. The lowest BCUT2D eigenvalue weighted by atomic mass is 9.70. The van der Waals surface area contributed by atoms with Crippen molar-refractivity contribution in [3.05, 3.63) is 81.3 Å². The molecule has 0 saturated carbocycles. The number of unbranched alkanes of at least 4 members (excludes halogenated alkanes) is 6. The van der Waals surface area contributed by atoms with Crippen LogP contribution in [0.1, 0.15) is 134 Å². The molecule has 3 aromatic carbocycles. The Labute approximate surface area is 226 Å². The van der Waals surface area contributed by atoms with Crippen molar-refractivity contribution in [3.8, 4) is 0 Å². The molecule has 38 heavy (non-hydrogen) atoms. The summed E-state index contributed by atoms with van der Waals surface area (Å²) in [5.74, 6) is 0.859. The fourth-order valence-corrected chi connectivity index (χ4v) is 8.55. The summed E-state index contributed by atoms with van der Waals surface area (Å²) in [5, 5.41) is 5.74. The minimum atomic E-state index is 0.161. The molecule has 2 bridgehead atoms. The second-order valence-corrected chi connectivity index (χ2v) is 12.2.